The zero-order chi connectivity index (χ0) is 21.1. The van der Waals surface area contributed by atoms with Crippen molar-refractivity contribution < 1.29 is 14.0 Å². The summed E-state index contributed by atoms with van der Waals surface area (Å²) < 4.78 is 15.3. The topological polar surface area (TPSA) is 67.2 Å². The minimum absolute atomic E-state index is 0.0946. The number of carbonyl (C=O) groups excluding carboxylic acids is 2. The van der Waals surface area contributed by atoms with Crippen LogP contribution in [0.25, 0.3) is 5.69 Å². The number of benzene rings is 2. The second-order valence-electron chi connectivity index (χ2n) is 6.33. The molecule has 0 aliphatic rings. The average molecular weight is 480 g/mol. The summed E-state index contributed by atoms with van der Waals surface area (Å²) in [5.74, 6) is -1.18. The van der Waals surface area contributed by atoms with E-state index in [2.05, 4.69) is 26.3 Å². The van der Waals surface area contributed by atoms with Crippen LogP contribution in [0.4, 0.5) is 10.1 Å². The Morgan fingerprint density at radius 1 is 1.21 bits per heavy atom. The molecule has 0 aliphatic carbocycles. The zero-order valence-electron chi connectivity index (χ0n) is 15.6. The van der Waals surface area contributed by atoms with E-state index in [1.807, 2.05) is 6.07 Å². The minimum atomic E-state index is -0.442. The van der Waals surface area contributed by atoms with Crippen LogP contribution >= 0.6 is 27.5 Å². The normalized spacial score (nSPS) is 10.7. The first kappa shape index (κ1) is 21.0. The standard InChI is InChI=1S/C20H17BrClFN4O2/c1-12-18(19(22)27(25-12)14-9-7-13(23)8-10-14)20(29)26(2)11-17(28)24-16-6-4-3-5-15(16)21/h3-10H,11H2,1-2H3,(H,24,28). The SMILES string of the molecule is Cc1nn(-c2ccc(F)cc2)c(Cl)c1C(=O)N(C)CC(=O)Nc1ccccc1Br. The third-order valence-corrected chi connectivity index (χ3v) is 5.21. The quantitative estimate of drug-likeness (QED) is 0.588. The van der Waals surface area contributed by atoms with E-state index >= 15 is 0 Å². The van der Waals surface area contributed by atoms with E-state index in [1.54, 1.807) is 25.1 Å². The van der Waals surface area contributed by atoms with Gasteiger partial charge in [-0.05, 0) is 59.3 Å². The van der Waals surface area contributed by atoms with E-state index in [0.29, 0.717) is 17.1 Å². The van der Waals surface area contributed by atoms with Gasteiger partial charge in [0.05, 0.1) is 29.2 Å². The summed E-state index contributed by atoms with van der Waals surface area (Å²) in [6, 6.07) is 12.8. The number of halogens is 3. The lowest BCUT2D eigenvalue weighted by molar-refractivity contribution is -0.116. The van der Waals surface area contributed by atoms with Crippen molar-refractivity contribution in [2.45, 2.75) is 6.92 Å². The zero-order valence-corrected chi connectivity index (χ0v) is 18.0. The number of amides is 2. The molecule has 9 heteroatoms. The fourth-order valence-electron chi connectivity index (χ4n) is 2.73. The third-order valence-electron chi connectivity index (χ3n) is 4.16. The summed E-state index contributed by atoms with van der Waals surface area (Å²) in [7, 11) is 1.51. The number of hydrogen-bond acceptors (Lipinski definition) is 3. The van der Waals surface area contributed by atoms with Crippen molar-refractivity contribution in [1.29, 1.82) is 0 Å². The first-order valence-corrected chi connectivity index (χ1v) is 9.76. The van der Waals surface area contributed by atoms with Gasteiger partial charge in [-0.2, -0.15) is 5.10 Å². The van der Waals surface area contributed by atoms with Crippen molar-refractivity contribution in [3.05, 3.63) is 75.2 Å². The smallest absolute Gasteiger partial charge is 0.259 e. The van der Waals surface area contributed by atoms with E-state index < -0.39 is 5.91 Å². The van der Waals surface area contributed by atoms with Gasteiger partial charge in [-0.3, -0.25) is 9.59 Å². The maximum absolute atomic E-state index is 13.2. The second-order valence-corrected chi connectivity index (χ2v) is 7.54. The van der Waals surface area contributed by atoms with Crippen molar-refractivity contribution in [2.24, 2.45) is 0 Å². The molecular formula is C20H17BrClFN4O2. The molecule has 1 heterocycles. The molecule has 0 fully saturated rings. The molecule has 0 atom stereocenters. The van der Waals surface area contributed by atoms with Crippen LogP contribution in [0.3, 0.4) is 0 Å². The Kier molecular flexibility index (Phi) is 6.34. The van der Waals surface area contributed by atoms with Gasteiger partial charge in [0.1, 0.15) is 11.0 Å². The fourth-order valence-corrected chi connectivity index (χ4v) is 3.46. The lowest BCUT2D eigenvalue weighted by atomic mass is 10.2. The summed E-state index contributed by atoms with van der Waals surface area (Å²) in [4.78, 5) is 26.5. The summed E-state index contributed by atoms with van der Waals surface area (Å²) in [6.45, 7) is 1.48. The predicted octanol–water partition coefficient (Wildman–Crippen LogP) is 4.45. The van der Waals surface area contributed by atoms with Crippen molar-refractivity contribution in [2.75, 3.05) is 18.9 Å². The number of hydrogen-bond donors (Lipinski definition) is 1. The Hall–Kier alpha value is -2.71. The van der Waals surface area contributed by atoms with Gasteiger partial charge in [0.25, 0.3) is 5.91 Å². The maximum atomic E-state index is 13.2. The molecule has 2 aromatic carbocycles. The Morgan fingerprint density at radius 2 is 1.86 bits per heavy atom. The molecule has 1 N–H and O–H groups in total. The van der Waals surface area contributed by atoms with Crippen molar-refractivity contribution in [3.63, 3.8) is 0 Å². The first-order valence-electron chi connectivity index (χ1n) is 8.59. The lowest BCUT2D eigenvalue weighted by Crippen LogP contribution is -2.35. The van der Waals surface area contributed by atoms with Gasteiger partial charge in [-0.1, -0.05) is 23.7 Å². The Balaban J connectivity index is 1.76. The highest BCUT2D eigenvalue weighted by atomic mass is 79.9. The fraction of sp³-hybridized carbons (Fsp3) is 0.150. The summed E-state index contributed by atoms with van der Waals surface area (Å²) >= 11 is 9.74. The summed E-state index contributed by atoms with van der Waals surface area (Å²) in [6.07, 6.45) is 0. The van der Waals surface area contributed by atoms with Crippen LogP contribution < -0.4 is 5.32 Å². The molecule has 0 saturated heterocycles. The van der Waals surface area contributed by atoms with Crippen LogP contribution in [0.2, 0.25) is 5.15 Å². The van der Waals surface area contributed by atoms with Gasteiger partial charge in [0.15, 0.2) is 0 Å². The molecule has 0 unspecified atom stereocenters. The van der Waals surface area contributed by atoms with Crippen LogP contribution in [-0.2, 0) is 4.79 Å². The van der Waals surface area contributed by atoms with Crippen LogP contribution in [0.1, 0.15) is 16.1 Å². The monoisotopic (exact) mass is 478 g/mol. The molecule has 2 amide bonds. The molecule has 6 nitrogen and oxygen atoms in total. The molecule has 0 spiro atoms. The van der Waals surface area contributed by atoms with Gasteiger partial charge < -0.3 is 10.2 Å². The number of para-hydroxylation sites is 1. The summed E-state index contributed by atoms with van der Waals surface area (Å²) in [5, 5.41) is 7.12. The highest BCUT2D eigenvalue weighted by Crippen LogP contribution is 2.25. The van der Waals surface area contributed by atoms with Gasteiger partial charge in [0, 0.05) is 11.5 Å². The van der Waals surface area contributed by atoms with E-state index in [-0.39, 0.29) is 29.0 Å². The average Bonchev–Trinajstić information content (AvgIpc) is 2.97. The van der Waals surface area contributed by atoms with Gasteiger partial charge in [0.2, 0.25) is 5.91 Å². The largest absolute Gasteiger partial charge is 0.332 e. The van der Waals surface area contributed by atoms with Gasteiger partial charge >= 0.3 is 0 Å². The second kappa shape index (κ2) is 8.75. The van der Waals surface area contributed by atoms with Crippen molar-refractivity contribution >= 4 is 45.0 Å². The Morgan fingerprint density at radius 3 is 2.52 bits per heavy atom. The molecule has 29 heavy (non-hydrogen) atoms. The highest BCUT2D eigenvalue weighted by Gasteiger charge is 2.25. The Bertz CT molecular complexity index is 1070. The van der Waals surface area contributed by atoms with Crippen molar-refractivity contribution in [1.82, 2.24) is 14.7 Å². The van der Waals surface area contributed by atoms with E-state index in [9.17, 15) is 14.0 Å². The minimum Gasteiger partial charge on any atom is -0.332 e. The van der Waals surface area contributed by atoms with Crippen LogP contribution in [0, 0.1) is 12.7 Å². The number of nitrogens with zero attached hydrogens (tertiary/aromatic N) is 3. The van der Waals surface area contributed by atoms with E-state index in [0.717, 1.165) is 4.47 Å². The number of anilines is 1. The van der Waals surface area contributed by atoms with Crippen LogP contribution in [0.15, 0.2) is 53.0 Å². The number of aryl methyl sites for hydroxylation is 1. The molecule has 0 radical (unpaired) electrons. The van der Waals surface area contributed by atoms with Crippen molar-refractivity contribution in [3.8, 4) is 5.69 Å². The molecule has 0 saturated carbocycles. The molecule has 0 bridgehead atoms. The third kappa shape index (κ3) is 4.65. The van der Waals surface area contributed by atoms with E-state index in [1.165, 1.54) is 40.9 Å². The van der Waals surface area contributed by atoms with Gasteiger partial charge in [-0.25, -0.2) is 9.07 Å². The molecule has 0 aliphatic heterocycles. The first-order chi connectivity index (χ1) is 13.8. The van der Waals surface area contributed by atoms with Gasteiger partial charge in [-0.15, -0.1) is 0 Å². The maximum Gasteiger partial charge on any atom is 0.259 e. The number of nitrogens with one attached hydrogen (secondary N) is 1. The lowest BCUT2D eigenvalue weighted by Gasteiger charge is -2.17. The number of carbonyl (C=O) groups is 2. The molecule has 1 aromatic heterocycles. The molecule has 150 valence electrons. The van der Waals surface area contributed by atoms with E-state index in [4.69, 9.17) is 11.6 Å². The molecular weight excluding hydrogens is 463 g/mol. The highest BCUT2D eigenvalue weighted by molar-refractivity contribution is 9.10. The molecule has 3 rings (SSSR count). The number of likely N-dealkylation sites (N-methyl/N-ethyl adjacent to an activating group) is 1. The van der Waals surface area contributed by atoms with Crippen LogP contribution in [-0.4, -0.2) is 40.1 Å². The number of rotatable bonds is 5. The number of aromatic nitrogens is 2. The predicted molar refractivity (Wildman–Crippen MR) is 113 cm³/mol. The summed E-state index contributed by atoms with van der Waals surface area (Å²) in [5.41, 5.74) is 1.72. The Labute approximate surface area is 180 Å². The molecule has 3 aromatic rings. The van der Waals surface area contributed by atoms with Crippen LogP contribution in [0.5, 0.6) is 0 Å².